The van der Waals surface area contributed by atoms with Gasteiger partial charge in [0.15, 0.2) is 0 Å². The van der Waals surface area contributed by atoms with Crippen LogP contribution in [0.5, 0.6) is 0 Å². The maximum absolute atomic E-state index is 13.7. The molecule has 0 aromatic carbocycles. The molecule has 2 heterocycles. The molecule has 1 saturated heterocycles. The molecule has 0 radical (unpaired) electrons. The predicted molar refractivity (Wildman–Crippen MR) is 90.2 cm³/mol. The standard InChI is InChI=1S/C16H24F3N5O2/c1-15(2,3)26-14(25)21-10-7-8-24(9-10)13(16(17,18)19)11-5-4-6-12(22-11)23-20/h4-6,10,13H,7-9,20H2,1-3H3,(H,21,25)(H,22,23)/t10-,13+/m0/s1. The summed E-state index contributed by atoms with van der Waals surface area (Å²) in [6.07, 6.45) is -4.76. The Kier molecular flexibility index (Phi) is 5.97. The highest BCUT2D eigenvalue weighted by Gasteiger charge is 2.47. The number of alkyl halides is 3. The SMILES string of the molecule is CC(C)(C)OC(=O)N[C@H]1CCN([C@H](c2cccc(NN)n2)C(F)(F)F)C1. The minimum Gasteiger partial charge on any atom is -0.444 e. The van der Waals surface area contributed by atoms with Gasteiger partial charge in [-0.15, -0.1) is 0 Å². The number of likely N-dealkylation sites (tertiary alicyclic amines) is 1. The number of rotatable bonds is 4. The van der Waals surface area contributed by atoms with Gasteiger partial charge in [0.25, 0.3) is 0 Å². The Hall–Kier alpha value is -2.07. The van der Waals surface area contributed by atoms with E-state index in [2.05, 4.69) is 15.7 Å². The number of carbonyl (C=O) groups is 1. The van der Waals surface area contributed by atoms with E-state index in [4.69, 9.17) is 10.6 Å². The lowest BCUT2D eigenvalue weighted by atomic mass is 10.1. The zero-order valence-electron chi connectivity index (χ0n) is 14.9. The van der Waals surface area contributed by atoms with Crippen LogP contribution in [0.2, 0.25) is 0 Å². The van der Waals surface area contributed by atoms with Crippen molar-refractivity contribution >= 4 is 11.9 Å². The van der Waals surface area contributed by atoms with Gasteiger partial charge in [-0.05, 0) is 39.3 Å². The Balaban J connectivity index is 2.10. The van der Waals surface area contributed by atoms with E-state index in [0.717, 1.165) is 0 Å². The summed E-state index contributed by atoms with van der Waals surface area (Å²) in [5.41, 5.74) is 1.43. The molecule has 2 atom stereocenters. The van der Waals surface area contributed by atoms with Gasteiger partial charge in [-0.25, -0.2) is 15.6 Å². The van der Waals surface area contributed by atoms with Gasteiger partial charge in [0, 0.05) is 19.1 Å². The van der Waals surface area contributed by atoms with Gasteiger partial charge in [0.05, 0.1) is 5.69 Å². The third-order valence-corrected chi connectivity index (χ3v) is 3.81. The third kappa shape index (κ3) is 5.46. The van der Waals surface area contributed by atoms with Crippen molar-refractivity contribution in [3.63, 3.8) is 0 Å². The summed E-state index contributed by atoms with van der Waals surface area (Å²) in [5, 5.41) is 2.62. The van der Waals surface area contributed by atoms with Crippen LogP contribution in [0.3, 0.4) is 0 Å². The first-order valence-corrected chi connectivity index (χ1v) is 8.23. The molecule has 1 aromatic rings. The number of hydrogen-bond acceptors (Lipinski definition) is 6. The minimum absolute atomic E-state index is 0.0470. The van der Waals surface area contributed by atoms with E-state index in [-0.39, 0.29) is 24.6 Å². The van der Waals surface area contributed by atoms with Gasteiger partial charge < -0.3 is 15.5 Å². The van der Waals surface area contributed by atoms with Crippen molar-refractivity contribution in [2.24, 2.45) is 5.84 Å². The summed E-state index contributed by atoms with van der Waals surface area (Å²) in [6.45, 7) is 5.38. The normalized spacial score (nSPS) is 19.9. The number of nitrogens with one attached hydrogen (secondary N) is 2. The lowest BCUT2D eigenvalue weighted by Crippen LogP contribution is -2.43. The molecule has 0 bridgehead atoms. The Morgan fingerprint density at radius 2 is 2.08 bits per heavy atom. The second-order valence-electron chi connectivity index (χ2n) is 7.16. The van der Waals surface area contributed by atoms with E-state index in [1.807, 2.05) is 0 Å². The number of nitrogen functional groups attached to an aromatic ring is 1. The fourth-order valence-corrected chi connectivity index (χ4v) is 2.86. The number of anilines is 1. The third-order valence-electron chi connectivity index (χ3n) is 3.81. The van der Waals surface area contributed by atoms with Crippen LogP contribution in [-0.2, 0) is 4.74 Å². The monoisotopic (exact) mass is 375 g/mol. The molecule has 0 spiro atoms. The number of hydrogen-bond donors (Lipinski definition) is 3. The average Bonchev–Trinajstić information content (AvgIpc) is 2.91. The number of nitrogens with zero attached hydrogens (tertiary/aromatic N) is 2. The molecule has 146 valence electrons. The molecule has 1 amide bonds. The van der Waals surface area contributed by atoms with E-state index < -0.39 is 30.0 Å². The number of ether oxygens (including phenoxy) is 1. The smallest absolute Gasteiger partial charge is 0.409 e. The minimum atomic E-state index is -4.51. The zero-order valence-corrected chi connectivity index (χ0v) is 14.9. The number of aromatic nitrogens is 1. The van der Waals surface area contributed by atoms with Crippen molar-refractivity contribution in [2.45, 2.75) is 51.1 Å². The van der Waals surface area contributed by atoms with Crippen molar-refractivity contribution < 1.29 is 22.7 Å². The van der Waals surface area contributed by atoms with E-state index in [1.54, 1.807) is 20.8 Å². The number of halogens is 3. The Morgan fingerprint density at radius 3 is 2.65 bits per heavy atom. The number of carbonyl (C=O) groups excluding carboxylic acids is 1. The number of pyridine rings is 1. The first kappa shape index (κ1) is 20.2. The molecule has 1 aromatic heterocycles. The number of amides is 1. The van der Waals surface area contributed by atoms with Gasteiger partial charge in [-0.1, -0.05) is 6.07 Å². The highest BCUT2D eigenvalue weighted by atomic mass is 19.4. The molecule has 1 fully saturated rings. The summed E-state index contributed by atoms with van der Waals surface area (Å²) in [7, 11) is 0. The molecule has 0 saturated carbocycles. The van der Waals surface area contributed by atoms with E-state index >= 15 is 0 Å². The van der Waals surface area contributed by atoms with Crippen molar-refractivity contribution in [3.05, 3.63) is 23.9 Å². The molecule has 1 aliphatic rings. The molecular weight excluding hydrogens is 351 g/mol. The zero-order chi connectivity index (χ0) is 19.5. The van der Waals surface area contributed by atoms with Crippen LogP contribution in [0, 0.1) is 0 Å². The summed E-state index contributed by atoms with van der Waals surface area (Å²) in [6, 6.07) is 1.95. The van der Waals surface area contributed by atoms with Crippen molar-refractivity contribution in [1.29, 1.82) is 0 Å². The van der Waals surface area contributed by atoms with Gasteiger partial charge in [-0.3, -0.25) is 4.90 Å². The van der Waals surface area contributed by atoms with Crippen molar-refractivity contribution in [3.8, 4) is 0 Å². The lowest BCUT2D eigenvalue weighted by molar-refractivity contribution is -0.184. The highest BCUT2D eigenvalue weighted by Crippen LogP contribution is 2.38. The van der Waals surface area contributed by atoms with Gasteiger partial charge in [0.2, 0.25) is 0 Å². The molecular formula is C16H24F3N5O2. The Labute approximate surface area is 150 Å². The van der Waals surface area contributed by atoms with Crippen LogP contribution < -0.4 is 16.6 Å². The van der Waals surface area contributed by atoms with Crippen molar-refractivity contribution in [1.82, 2.24) is 15.2 Å². The van der Waals surface area contributed by atoms with Crippen LogP contribution in [0.25, 0.3) is 0 Å². The quantitative estimate of drug-likeness (QED) is 0.553. The Morgan fingerprint density at radius 1 is 1.38 bits per heavy atom. The van der Waals surface area contributed by atoms with E-state index in [0.29, 0.717) is 6.42 Å². The molecule has 10 heteroatoms. The topological polar surface area (TPSA) is 92.5 Å². The molecule has 26 heavy (non-hydrogen) atoms. The first-order valence-electron chi connectivity index (χ1n) is 8.23. The van der Waals surface area contributed by atoms with E-state index in [9.17, 15) is 18.0 Å². The van der Waals surface area contributed by atoms with Gasteiger partial charge >= 0.3 is 12.3 Å². The highest BCUT2D eigenvalue weighted by molar-refractivity contribution is 5.68. The molecule has 4 N–H and O–H groups in total. The van der Waals surface area contributed by atoms with Crippen LogP contribution in [0.15, 0.2) is 18.2 Å². The molecule has 2 rings (SSSR count). The van der Waals surface area contributed by atoms with E-state index in [1.165, 1.54) is 23.1 Å². The maximum Gasteiger partial charge on any atom is 0.409 e. The molecule has 0 aliphatic carbocycles. The summed E-state index contributed by atoms with van der Waals surface area (Å²) < 4.78 is 46.1. The second-order valence-corrected chi connectivity index (χ2v) is 7.16. The second kappa shape index (κ2) is 7.67. The van der Waals surface area contributed by atoms with Crippen LogP contribution in [0.1, 0.15) is 38.9 Å². The number of alkyl carbamates (subject to hydrolysis) is 1. The molecule has 0 unspecified atom stereocenters. The largest absolute Gasteiger partial charge is 0.444 e. The predicted octanol–water partition coefficient (Wildman–Crippen LogP) is 2.57. The maximum atomic E-state index is 13.7. The average molecular weight is 375 g/mol. The summed E-state index contributed by atoms with van der Waals surface area (Å²) in [5.74, 6) is 5.39. The fraction of sp³-hybridized carbons (Fsp3) is 0.625. The van der Waals surface area contributed by atoms with Crippen LogP contribution >= 0.6 is 0 Å². The number of hydrazine groups is 1. The van der Waals surface area contributed by atoms with Gasteiger partial charge in [-0.2, -0.15) is 13.2 Å². The molecule has 7 nitrogen and oxygen atoms in total. The lowest BCUT2D eigenvalue weighted by Gasteiger charge is -2.29. The van der Waals surface area contributed by atoms with Crippen LogP contribution in [0.4, 0.5) is 23.8 Å². The fourth-order valence-electron chi connectivity index (χ4n) is 2.86. The summed E-state index contributed by atoms with van der Waals surface area (Å²) >= 11 is 0. The van der Waals surface area contributed by atoms with Crippen molar-refractivity contribution in [2.75, 3.05) is 18.5 Å². The number of nitrogens with two attached hydrogens (primary N) is 1. The molecule has 1 aliphatic heterocycles. The van der Waals surface area contributed by atoms with Crippen LogP contribution in [-0.4, -0.2) is 46.9 Å². The summed E-state index contributed by atoms with van der Waals surface area (Å²) in [4.78, 5) is 17.0. The van der Waals surface area contributed by atoms with Gasteiger partial charge in [0.1, 0.15) is 17.5 Å². The first-order chi connectivity index (χ1) is 12.0. The Bertz CT molecular complexity index is 633.